The zero-order valence-electron chi connectivity index (χ0n) is 15.9. The first-order chi connectivity index (χ1) is 10.8. The molecule has 23 heavy (non-hydrogen) atoms. The molecule has 136 valence electrons. The van der Waals surface area contributed by atoms with Crippen molar-refractivity contribution in [2.24, 2.45) is 17.3 Å². The Morgan fingerprint density at radius 3 is 1.39 bits per heavy atom. The number of esters is 2. The Labute approximate surface area is 142 Å². The molecule has 0 rings (SSSR count). The molecule has 0 atom stereocenters. The topological polar surface area (TPSA) is 52.6 Å². The predicted octanol–water partition coefficient (Wildman–Crippen LogP) is 4.75. The van der Waals surface area contributed by atoms with Gasteiger partial charge in [-0.15, -0.1) is 0 Å². The molecule has 0 aromatic rings. The zero-order chi connectivity index (χ0) is 17.9. The van der Waals surface area contributed by atoms with E-state index in [-0.39, 0.29) is 11.8 Å². The third-order valence-corrected chi connectivity index (χ3v) is 3.76. The Balaban J connectivity index is 5.30. The third-order valence-electron chi connectivity index (χ3n) is 3.76. The van der Waals surface area contributed by atoms with Crippen LogP contribution in [-0.2, 0) is 19.1 Å². The fourth-order valence-corrected chi connectivity index (χ4v) is 2.79. The number of unbranched alkanes of at least 4 members (excludes halogenated alkanes) is 2. The lowest BCUT2D eigenvalue weighted by Crippen LogP contribution is -2.44. The van der Waals surface area contributed by atoms with E-state index in [4.69, 9.17) is 9.47 Å². The van der Waals surface area contributed by atoms with E-state index in [1.165, 1.54) is 0 Å². The van der Waals surface area contributed by atoms with Crippen molar-refractivity contribution in [2.75, 3.05) is 13.2 Å². The third kappa shape index (κ3) is 7.85. The van der Waals surface area contributed by atoms with Crippen molar-refractivity contribution in [3.8, 4) is 0 Å². The van der Waals surface area contributed by atoms with Gasteiger partial charge in [0.25, 0.3) is 0 Å². The van der Waals surface area contributed by atoms with E-state index in [1.54, 1.807) is 0 Å². The number of rotatable bonds is 12. The first kappa shape index (κ1) is 21.9. The van der Waals surface area contributed by atoms with E-state index in [0.29, 0.717) is 26.1 Å². The van der Waals surface area contributed by atoms with Crippen LogP contribution in [-0.4, -0.2) is 25.2 Å². The van der Waals surface area contributed by atoms with Gasteiger partial charge < -0.3 is 9.47 Å². The lowest BCUT2D eigenvalue weighted by Gasteiger charge is -2.32. The largest absolute Gasteiger partial charge is 0.465 e. The molecule has 0 amide bonds. The fraction of sp³-hybridized carbons (Fsp3) is 0.895. The van der Waals surface area contributed by atoms with E-state index < -0.39 is 17.4 Å². The van der Waals surface area contributed by atoms with Crippen LogP contribution in [0.3, 0.4) is 0 Å². The van der Waals surface area contributed by atoms with Crippen molar-refractivity contribution in [1.29, 1.82) is 0 Å². The van der Waals surface area contributed by atoms with Crippen LogP contribution in [0.15, 0.2) is 0 Å². The molecule has 0 saturated carbocycles. The van der Waals surface area contributed by atoms with Crippen LogP contribution in [0.1, 0.15) is 80.1 Å². The molecule has 0 heterocycles. The average molecular weight is 328 g/mol. The molecule has 0 unspecified atom stereocenters. The maximum Gasteiger partial charge on any atom is 0.323 e. The minimum absolute atomic E-state index is 0.214. The summed E-state index contributed by atoms with van der Waals surface area (Å²) in [6, 6.07) is 0. The minimum atomic E-state index is -1.16. The van der Waals surface area contributed by atoms with Gasteiger partial charge in [-0.2, -0.15) is 0 Å². The molecule has 0 aliphatic rings. The van der Waals surface area contributed by atoms with Crippen molar-refractivity contribution in [2.45, 2.75) is 80.1 Å². The summed E-state index contributed by atoms with van der Waals surface area (Å²) in [7, 11) is 0. The van der Waals surface area contributed by atoms with Crippen LogP contribution in [0.2, 0.25) is 0 Å². The predicted molar refractivity (Wildman–Crippen MR) is 93.1 cm³/mol. The molecule has 0 saturated heterocycles. The molecule has 4 heteroatoms. The quantitative estimate of drug-likeness (QED) is 0.295. The normalized spacial score (nSPS) is 11.8. The van der Waals surface area contributed by atoms with Gasteiger partial charge in [0.2, 0.25) is 0 Å². The van der Waals surface area contributed by atoms with Gasteiger partial charge in [0.1, 0.15) is 0 Å². The Hall–Kier alpha value is -1.06. The van der Waals surface area contributed by atoms with Gasteiger partial charge in [0.05, 0.1) is 13.2 Å². The van der Waals surface area contributed by atoms with Gasteiger partial charge >= 0.3 is 11.9 Å². The van der Waals surface area contributed by atoms with Crippen molar-refractivity contribution in [3.63, 3.8) is 0 Å². The molecule has 0 aromatic carbocycles. The number of hydrogen-bond donors (Lipinski definition) is 0. The Kier molecular flexibility index (Phi) is 10.9. The summed E-state index contributed by atoms with van der Waals surface area (Å²) in [6.45, 7) is 12.9. The molecule has 0 aliphatic heterocycles. The zero-order valence-corrected chi connectivity index (χ0v) is 15.9. The van der Waals surface area contributed by atoms with E-state index in [1.807, 2.05) is 41.5 Å². The van der Waals surface area contributed by atoms with Crippen LogP contribution < -0.4 is 0 Å². The van der Waals surface area contributed by atoms with Crippen molar-refractivity contribution < 1.29 is 19.1 Å². The Bertz CT molecular complexity index is 313. The van der Waals surface area contributed by atoms with Crippen molar-refractivity contribution >= 4 is 11.9 Å². The summed E-state index contributed by atoms with van der Waals surface area (Å²) in [5.74, 6) is -0.387. The minimum Gasteiger partial charge on any atom is -0.465 e. The maximum absolute atomic E-state index is 12.8. The van der Waals surface area contributed by atoms with Crippen LogP contribution in [0.4, 0.5) is 0 Å². The van der Waals surface area contributed by atoms with Gasteiger partial charge in [-0.25, -0.2) is 0 Å². The summed E-state index contributed by atoms with van der Waals surface area (Å²) in [5, 5.41) is 0. The molecule has 0 bridgehead atoms. The second kappa shape index (κ2) is 11.5. The Morgan fingerprint density at radius 1 is 0.783 bits per heavy atom. The molecule has 0 aliphatic carbocycles. The summed E-state index contributed by atoms with van der Waals surface area (Å²) < 4.78 is 10.9. The van der Waals surface area contributed by atoms with E-state index in [2.05, 4.69) is 0 Å². The van der Waals surface area contributed by atoms with E-state index in [9.17, 15) is 9.59 Å². The molecule has 0 radical (unpaired) electrons. The fourth-order valence-electron chi connectivity index (χ4n) is 2.79. The highest BCUT2D eigenvalue weighted by Gasteiger charge is 2.49. The average Bonchev–Trinajstić information content (AvgIpc) is 2.45. The highest BCUT2D eigenvalue weighted by molar-refractivity contribution is 6.00. The van der Waals surface area contributed by atoms with Crippen molar-refractivity contribution in [3.05, 3.63) is 0 Å². The molecule has 0 aromatic heterocycles. The number of ether oxygens (including phenoxy) is 2. The highest BCUT2D eigenvalue weighted by Crippen LogP contribution is 2.37. The number of hydrogen-bond acceptors (Lipinski definition) is 4. The summed E-state index contributed by atoms with van der Waals surface area (Å²) in [5.41, 5.74) is -1.16. The lowest BCUT2D eigenvalue weighted by atomic mass is 9.74. The standard InChI is InChI=1S/C19H36O4/c1-7-9-11-22-17(20)19(13-15(3)4,14-16(5)6)18(21)23-12-10-8-2/h15-16H,7-14H2,1-6H3. The molecule has 0 fully saturated rings. The summed E-state index contributed by atoms with van der Waals surface area (Å²) in [6.07, 6.45) is 4.49. The summed E-state index contributed by atoms with van der Waals surface area (Å²) >= 11 is 0. The second-order valence-electron chi connectivity index (χ2n) is 7.26. The van der Waals surface area contributed by atoms with Gasteiger partial charge in [-0.05, 0) is 37.5 Å². The lowest BCUT2D eigenvalue weighted by molar-refractivity contribution is -0.175. The molecule has 4 nitrogen and oxygen atoms in total. The van der Waals surface area contributed by atoms with Crippen molar-refractivity contribution in [1.82, 2.24) is 0 Å². The monoisotopic (exact) mass is 328 g/mol. The van der Waals surface area contributed by atoms with Gasteiger partial charge in [-0.1, -0.05) is 54.4 Å². The SMILES string of the molecule is CCCCOC(=O)C(CC(C)C)(CC(C)C)C(=O)OCCCC. The second-order valence-corrected chi connectivity index (χ2v) is 7.26. The van der Waals surface area contributed by atoms with E-state index in [0.717, 1.165) is 25.7 Å². The molecular weight excluding hydrogens is 292 g/mol. The molecular formula is C19H36O4. The first-order valence-corrected chi connectivity index (χ1v) is 9.14. The first-order valence-electron chi connectivity index (χ1n) is 9.14. The van der Waals surface area contributed by atoms with Gasteiger partial charge in [-0.3, -0.25) is 9.59 Å². The number of carbonyl (C=O) groups is 2. The number of carbonyl (C=O) groups excluding carboxylic acids is 2. The van der Waals surface area contributed by atoms with E-state index >= 15 is 0 Å². The van der Waals surface area contributed by atoms with Gasteiger partial charge in [0, 0.05) is 0 Å². The summed E-state index contributed by atoms with van der Waals surface area (Å²) in [4.78, 5) is 25.5. The molecule has 0 N–H and O–H groups in total. The van der Waals surface area contributed by atoms with Crippen LogP contribution in [0.25, 0.3) is 0 Å². The van der Waals surface area contributed by atoms with Crippen LogP contribution >= 0.6 is 0 Å². The maximum atomic E-state index is 12.8. The highest BCUT2D eigenvalue weighted by atomic mass is 16.6. The van der Waals surface area contributed by atoms with Crippen LogP contribution in [0, 0.1) is 17.3 Å². The van der Waals surface area contributed by atoms with Gasteiger partial charge in [0.15, 0.2) is 5.41 Å². The Morgan fingerprint density at radius 2 is 1.13 bits per heavy atom. The van der Waals surface area contributed by atoms with Crippen LogP contribution in [0.5, 0.6) is 0 Å². The molecule has 0 spiro atoms. The smallest absolute Gasteiger partial charge is 0.323 e.